The molecule has 0 aliphatic rings. The third kappa shape index (κ3) is 5.03. The standard InChI is InChI=1S/C13H15F2NO2/c1-2-18-12(17)8-11(13(14)15)16-9-10-6-4-3-5-7-10/h3-7,9,11,13H,2,8H2,1H3. The molecule has 0 bridgehead atoms. The molecule has 0 amide bonds. The molecular weight excluding hydrogens is 240 g/mol. The van der Waals surface area contributed by atoms with Crippen LogP contribution in [-0.2, 0) is 9.53 Å². The lowest BCUT2D eigenvalue weighted by molar-refractivity contribution is -0.144. The van der Waals surface area contributed by atoms with Crippen molar-refractivity contribution in [1.82, 2.24) is 0 Å². The van der Waals surface area contributed by atoms with Crippen molar-refractivity contribution in [2.75, 3.05) is 6.61 Å². The molecule has 3 nitrogen and oxygen atoms in total. The summed E-state index contributed by atoms with van der Waals surface area (Å²) in [6.45, 7) is 1.81. The van der Waals surface area contributed by atoms with Crippen molar-refractivity contribution in [3.8, 4) is 0 Å². The first-order valence-corrected chi connectivity index (χ1v) is 5.65. The predicted octanol–water partition coefficient (Wildman–Crippen LogP) is 2.69. The van der Waals surface area contributed by atoms with Crippen LogP contribution < -0.4 is 0 Å². The van der Waals surface area contributed by atoms with E-state index in [0.29, 0.717) is 5.56 Å². The number of alkyl halides is 2. The summed E-state index contributed by atoms with van der Waals surface area (Å²) in [5.74, 6) is -0.659. The monoisotopic (exact) mass is 255 g/mol. The summed E-state index contributed by atoms with van der Waals surface area (Å²) in [5.41, 5.74) is 0.715. The fourth-order valence-corrected chi connectivity index (χ4v) is 1.32. The number of halogens is 2. The average molecular weight is 255 g/mol. The van der Waals surface area contributed by atoms with E-state index in [9.17, 15) is 13.6 Å². The molecule has 18 heavy (non-hydrogen) atoms. The largest absolute Gasteiger partial charge is 0.466 e. The summed E-state index contributed by atoms with van der Waals surface area (Å²) in [6.07, 6.45) is -1.75. The van der Waals surface area contributed by atoms with E-state index in [-0.39, 0.29) is 6.61 Å². The van der Waals surface area contributed by atoms with Crippen LogP contribution in [0, 0.1) is 0 Å². The number of esters is 1. The minimum absolute atomic E-state index is 0.178. The molecule has 1 rings (SSSR count). The van der Waals surface area contributed by atoms with Crippen molar-refractivity contribution in [1.29, 1.82) is 0 Å². The highest BCUT2D eigenvalue weighted by Gasteiger charge is 2.22. The van der Waals surface area contributed by atoms with Gasteiger partial charge in [0, 0.05) is 6.21 Å². The van der Waals surface area contributed by atoms with Gasteiger partial charge in [-0.15, -0.1) is 0 Å². The van der Waals surface area contributed by atoms with Crippen LogP contribution in [0.5, 0.6) is 0 Å². The lowest BCUT2D eigenvalue weighted by atomic mass is 10.2. The fourth-order valence-electron chi connectivity index (χ4n) is 1.32. The molecule has 0 aromatic heterocycles. The number of aliphatic imine (C=N–C) groups is 1. The van der Waals surface area contributed by atoms with Crippen LogP contribution in [0.2, 0.25) is 0 Å². The summed E-state index contributed by atoms with van der Waals surface area (Å²) in [5, 5.41) is 0. The summed E-state index contributed by atoms with van der Waals surface area (Å²) in [4.78, 5) is 14.9. The van der Waals surface area contributed by atoms with Gasteiger partial charge in [0.25, 0.3) is 6.43 Å². The Morgan fingerprint density at radius 1 is 1.39 bits per heavy atom. The van der Waals surface area contributed by atoms with Gasteiger partial charge in [-0.1, -0.05) is 30.3 Å². The molecule has 0 saturated carbocycles. The minimum atomic E-state index is -2.69. The second-order valence-electron chi connectivity index (χ2n) is 3.60. The number of hydrogen-bond donors (Lipinski definition) is 0. The molecule has 1 aromatic rings. The van der Waals surface area contributed by atoms with Crippen LogP contribution in [-0.4, -0.2) is 31.3 Å². The van der Waals surface area contributed by atoms with Crippen LogP contribution >= 0.6 is 0 Å². The van der Waals surface area contributed by atoms with E-state index in [1.807, 2.05) is 6.07 Å². The summed E-state index contributed by atoms with van der Waals surface area (Å²) >= 11 is 0. The Bertz CT molecular complexity index is 393. The molecule has 1 aromatic carbocycles. The van der Waals surface area contributed by atoms with Gasteiger partial charge in [0.05, 0.1) is 13.0 Å². The second-order valence-corrected chi connectivity index (χ2v) is 3.60. The van der Waals surface area contributed by atoms with Crippen molar-refractivity contribution in [2.45, 2.75) is 25.8 Å². The Hall–Kier alpha value is -1.78. The van der Waals surface area contributed by atoms with E-state index >= 15 is 0 Å². The number of carbonyl (C=O) groups excluding carboxylic acids is 1. The van der Waals surface area contributed by atoms with Crippen molar-refractivity contribution < 1.29 is 18.3 Å². The van der Waals surface area contributed by atoms with E-state index < -0.39 is 24.9 Å². The third-order valence-electron chi connectivity index (χ3n) is 2.19. The zero-order chi connectivity index (χ0) is 13.4. The Morgan fingerprint density at radius 2 is 2.06 bits per heavy atom. The maximum atomic E-state index is 12.7. The van der Waals surface area contributed by atoms with Gasteiger partial charge in [-0.3, -0.25) is 9.79 Å². The predicted molar refractivity (Wildman–Crippen MR) is 65.1 cm³/mol. The first-order chi connectivity index (χ1) is 8.63. The van der Waals surface area contributed by atoms with Crippen LogP contribution in [0.4, 0.5) is 8.78 Å². The normalized spacial score (nSPS) is 12.9. The molecule has 5 heteroatoms. The first kappa shape index (κ1) is 14.3. The molecule has 0 N–H and O–H groups in total. The van der Waals surface area contributed by atoms with Crippen LogP contribution in [0.3, 0.4) is 0 Å². The minimum Gasteiger partial charge on any atom is -0.466 e. The SMILES string of the molecule is CCOC(=O)CC(N=Cc1ccccc1)C(F)F. The second kappa shape index (κ2) is 7.53. The highest BCUT2D eigenvalue weighted by Crippen LogP contribution is 2.11. The number of hydrogen-bond acceptors (Lipinski definition) is 3. The van der Waals surface area contributed by atoms with Gasteiger partial charge >= 0.3 is 5.97 Å². The summed E-state index contributed by atoms with van der Waals surface area (Å²) in [6, 6.07) is 7.52. The van der Waals surface area contributed by atoms with Crippen molar-refractivity contribution >= 4 is 12.2 Å². The van der Waals surface area contributed by atoms with Crippen LogP contribution in [0.15, 0.2) is 35.3 Å². The van der Waals surface area contributed by atoms with Gasteiger partial charge in [-0.2, -0.15) is 0 Å². The molecule has 0 saturated heterocycles. The topological polar surface area (TPSA) is 38.7 Å². The Labute approximate surface area is 104 Å². The Balaban J connectivity index is 2.63. The van der Waals surface area contributed by atoms with E-state index in [1.165, 1.54) is 6.21 Å². The molecular formula is C13H15F2NO2. The van der Waals surface area contributed by atoms with Gasteiger partial charge in [0.1, 0.15) is 6.04 Å². The number of ether oxygens (including phenoxy) is 1. The number of nitrogens with zero attached hydrogens (tertiary/aromatic N) is 1. The molecule has 0 fully saturated rings. The smallest absolute Gasteiger partial charge is 0.308 e. The zero-order valence-electron chi connectivity index (χ0n) is 10.1. The maximum Gasteiger partial charge on any atom is 0.308 e. The Morgan fingerprint density at radius 3 is 2.61 bits per heavy atom. The van der Waals surface area contributed by atoms with Crippen LogP contribution in [0.25, 0.3) is 0 Å². The molecule has 0 aliphatic heterocycles. The van der Waals surface area contributed by atoms with Crippen molar-refractivity contribution in [2.24, 2.45) is 4.99 Å². The van der Waals surface area contributed by atoms with E-state index in [2.05, 4.69) is 9.73 Å². The maximum absolute atomic E-state index is 12.7. The van der Waals surface area contributed by atoms with Gasteiger partial charge in [-0.05, 0) is 12.5 Å². The Kier molecular flexibility index (Phi) is 5.97. The van der Waals surface area contributed by atoms with Crippen molar-refractivity contribution in [3.05, 3.63) is 35.9 Å². The average Bonchev–Trinajstić information content (AvgIpc) is 2.35. The van der Waals surface area contributed by atoms with Crippen LogP contribution in [0.1, 0.15) is 18.9 Å². The zero-order valence-corrected chi connectivity index (χ0v) is 10.1. The number of rotatable bonds is 6. The van der Waals surface area contributed by atoms with Gasteiger partial charge in [-0.25, -0.2) is 8.78 Å². The van der Waals surface area contributed by atoms with Gasteiger partial charge in [0.2, 0.25) is 0 Å². The lowest BCUT2D eigenvalue weighted by Gasteiger charge is -2.10. The molecule has 0 spiro atoms. The fraction of sp³-hybridized carbons (Fsp3) is 0.385. The van der Waals surface area contributed by atoms with E-state index in [0.717, 1.165) is 0 Å². The molecule has 0 heterocycles. The highest BCUT2D eigenvalue weighted by atomic mass is 19.3. The molecule has 98 valence electrons. The summed E-state index contributed by atoms with van der Waals surface area (Å²) < 4.78 is 30.0. The summed E-state index contributed by atoms with van der Waals surface area (Å²) in [7, 11) is 0. The van der Waals surface area contributed by atoms with Gasteiger partial charge in [0.15, 0.2) is 0 Å². The van der Waals surface area contributed by atoms with E-state index in [4.69, 9.17) is 0 Å². The highest BCUT2D eigenvalue weighted by molar-refractivity contribution is 5.80. The molecule has 0 radical (unpaired) electrons. The lowest BCUT2D eigenvalue weighted by Crippen LogP contribution is -2.21. The van der Waals surface area contributed by atoms with Crippen molar-refractivity contribution in [3.63, 3.8) is 0 Å². The molecule has 1 atom stereocenters. The molecule has 0 aliphatic carbocycles. The quantitative estimate of drug-likeness (QED) is 0.579. The van der Waals surface area contributed by atoms with Gasteiger partial charge < -0.3 is 4.74 Å². The number of benzene rings is 1. The van der Waals surface area contributed by atoms with E-state index in [1.54, 1.807) is 31.2 Å². The first-order valence-electron chi connectivity index (χ1n) is 5.65. The number of carbonyl (C=O) groups is 1. The third-order valence-corrected chi connectivity index (χ3v) is 2.19. The molecule has 1 unspecified atom stereocenters.